The summed E-state index contributed by atoms with van der Waals surface area (Å²) >= 11 is 1.31. The van der Waals surface area contributed by atoms with Gasteiger partial charge in [0.2, 0.25) is 0 Å². The predicted octanol–water partition coefficient (Wildman–Crippen LogP) is 5.41. The number of halogens is 3. The van der Waals surface area contributed by atoms with Gasteiger partial charge in [-0.1, -0.05) is 36.0 Å². The summed E-state index contributed by atoms with van der Waals surface area (Å²) in [7, 11) is 3.09. The summed E-state index contributed by atoms with van der Waals surface area (Å²) in [6.45, 7) is 0. The number of thioether (sulfide) groups is 1. The molecule has 0 N–H and O–H groups in total. The summed E-state index contributed by atoms with van der Waals surface area (Å²) < 4.78 is 50.3. The fourth-order valence-corrected chi connectivity index (χ4v) is 3.76. The molecule has 0 aliphatic carbocycles. The van der Waals surface area contributed by atoms with E-state index in [4.69, 9.17) is 9.47 Å². The second-order valence-electron chi connectivity index (χ2n) is 5.23. The SMILES string of the molecule is COc1cc2c(cc1OC)SC(c1ccccc1C(F)(F)F)=CC2. The fraction of sp³-hybridized carbons (Fsp3) is 0.222. The number of fused-ring (bicyclic) bond motifs is 1. The van der Waals surface area contributed by atoms with Gasteiger partial charge < -0.3 is 9.47 Å². The molecule has 1 heterocycles. The molecule has 0 amide bonds. The van der Waals surface area contributed by atoms with Gasteiger partial charge in [0.05, 0.1) is 19.8 Å². The van der Waals surface area contributed by atoms with E-state index in [1.54, 1.807) is 13.2 Å². The van der Waals surface area contributed by atoms with Gasteiger partial charge in [-0.2, -0.15) is 13.2 Å². The highest BCUT2D eigenvalue weighted by atomic mass is 32.2. The number of benzene rings is 2. The van der Waals surface area contributed by atoms with Crippen LogP contribution < -0.4 is 9.47 Å². The average Bonchev–Trinajstić information content (AvgIpc) is 2.59. The number of alkyl halides is 3. The van der Waals surface area contributed by atoms with Crippen LogP contribution in [-0.2, 0) is 12.6 Å². The zero-order chi connectivity index (χ0) is 17.3. The minimum Gasteiger partial charge on any atom is -0.493 e. The lowest BCUT2D eigenvalue weighted by atomic mass is 10.0. The smallest absolute Gasteiger partial charge is 0.417 e. The Morgan fingerprint density at radius 3 is 2.33 bits per heavy atom. The lowest BCUT2D eigenvalue weighted by Crippen LogP contribution is -2.09. The van der Waals surface area contributed by atoms with Crippen LogP contribution in [0.5, 0.6) is 11.5 Å². The third-order valence-electron chi connectivity index (χ3n) is 3.79. The quantitative estimate of drug-likeness (QED) is 0.736. The van der Waals surface area contributed by atoms with Crippen molar-refractivity contribution in [3.63, 3.8) is 0 Å². The predicted molar refractivity (Wildman–Crippen MR) is 88.5 cm³/mol. The second-order valence-corrected chi connectivity index (χ2v) is 6.32. The van der Waals surface area contributed by atoms with Crippen LogP contribution in [0.2, 0.25) is 0 Å². The van der Waals surface area contributed by atoms with Crippen LogP contribution in [0.15, 0.2) is 47.4 Å². The number of rotatable bonds is 3. The van der Waals surface area contributed by atoms with Crippen LogP contribution in [0.25, 0.3) is 4.91 Å². The number of ether oxygens (including phenoxy) is 2. The van der Waals surface area contributed by atoms with Gasteiger partial charge in [-0.25, -0.2) is 0 Å². The first kappa shape index (κ1) is 16.8. The first-order chi connectivity index (χ1) is 11.4. The Kier molecular flexibility index (Phi) is 4.49. The third-order valence-corrected chi connectivity index (χ3v) is 5.00. The third kappa shape index (κ3) is 3.11. The van der Waals surface area contributed by atoms with E-state index in [9.17, 15) is 13.2 Å². The normalized spacial score (nSPS) is 14.0. The number of hydrogen-bond acceptors (Lipinski definition) is 3. The largest absolute Gasteiger partial charge is 0.493 e. The van der Waals surface area contributed by atoms with Crippen molar-refractivity contribution in [3.05, 3.63) is 59.2 Å². The number of hydrogen-bond donors (Lipinski definition) is 0. The highest BCUT2D eigenvalue weighted by Gasteiger charge is 2.34. The molecule has 0 aromatic heterocycles. The van der Waals surface area contributed by atoms with Gasteiger partial charge in [-0.3, -0.25) is 0 Å². The van der Waals surface area contributed by atoms with E-state index >= 15 is 0 Å². The summed E-state index contributed by atoms with van der Waals surface area (Å²) in [6.07, 6.45) is -2.01. The second kappa shape index (κ2) is 6.43. The maximum Gasteiger partial charge on any atom is 0.417 e. The van der Waals surface area contributed by atoms with E-state index in [0.717, 1.165) is 16.5 Å². The standard InChI is InChI=1S/C18H15F3O2S/c1-22-14-9-11-7-8-16(24-17(11)10-15(14)23-2)12-5-3-4-6-13(12)18(19,20)21/h3-6,8-10H,7H2,1-2H3. The molecule has 2 aromatic carbocycles. The topological polar surface area (TPSA) is 18.5 Å². The minimum absolute atomic E-state index is 0.204. The lowest BCUT2D eigenvalue weighted by Gasteiger charge is -2.21. The van der Waals surface area contributed by atoms with Crippen LogP contribution in [0.1, 0.15) is 16.7 Å². The monoisotopic (exact) mass is 352 g/mol. The van der Waals surface area contributed by atoms with Crippen molar-refractivity contribution in [1.82, 2.24) is 0 Å². The van der Waals surface area contributed by atoms with Gasteiger partial charge in [0.1, 0.15) is 0 Å². The first-order valence-electron chi connectivity index (χ1n) is 7.23. The first-order valence-corrected chi connectivity index (χ1v) is 8.05. The Morgan fingerprint density at radius 1 is 1.00 bits per heavy atom. The van der Waals surface area contributed by atoms with Crippen molar-refractivity contribution in [2.75, 3.05) is 14.2 Å². The van der Waals surface area contributed by atoms with Gasteiger partial charge >= 0.3 is 6.18 Å². The molecule has 3 rings (SSSR count). The molecule has 1 aliphatic rings. The molecule has 24 heavy (non-hydrogen) atoms. The molecule has 2 aromatic rings. The maximum absolute atomic E-state index is 13.2. The van der Waals surface area contributed by atoms with Crippen molar-refractivity contribution < 1.29 is 22.6 Å². The van der Waals surface area contributed by atoms with Gasteiger partial charge in [-0.15, -0.1) is 0 Å². The van der Waals surface area contributed by atoms with E-state index in [-0.39, 0.29) is 5.56 Å². The molecule has 0 saturated carbocycles. The fourth-order valence-electron chi connectivity index (χ4n) is 2.63. The molecule has 126 valence electrons. The van der Waals surface area contributed by atoms with Crippen LogP contribution in [-0.4, -0.2) is 14.2 Å². The Hall–Kier alpha value is -2.08. The molecule has 0 saturated heterocycles. The molecule has 6 heteroatoms. The number of allylic oxidation sites excluding steroid dienone is 1. The molecule has 0 atom stereocenters. The molecule has 2 nitrogen and oxygen atoms in total. The van der Waals surface area contributed by atoms with E-state index < -0.39 is 11.7 Å². The van der Waals surface area contributed by atoms with Gasteiger partial charge in [0.15, 0.2) is 11.5 Å². The molecular weight excluding hydrogens is 337 g/mol. The van der Waals surface area contributed by atoms with E-state index in [1.165, 1.54) is 31.0 Å². The summed E-state index contributed by atoms with van der Waals surface area (Å²) in [5.41, 5.74) is 0.592. The van der Waals surface area contributed by atoms with Crippen LogP contribution >= 0.6 is 11.8 Å². The number of methoxy groups -OCH3 is 2. The van der Waals surface area contributed by atoms with Crippen molar-refractivity contribution in [2.45, 2.75) is 17.5 Å². The van der Waals surface area contributed by atoms with Crippen LogP contribution in [0.3, 0.4) is 0 Å². The van der Waals surface area contributed by atoms with Crippen LogP contribution in [0, 0.1) is 0 Å². The Bertz CT molecular complexity index is 797. The van der Waals surface area contributed by atoms with Gasteiger partial charge in [0.25, 0.3) is 0 Å². The molecule has 1 aliphatic heterocycles. The van der Waals surface area contributed by atoms with E-state index in [1.807, 2.05) is 18.2 Å². The average molecular weight is 352 g/mol. The minimum atomic E-state index is -4.38. The summed E-state index contributed by atoms with van der Waals surface area (Å²) in [5, 5.41) is 0. The Balaban J connectivity index is 2.01. The van der Waals surface area contributed by atoms with Crippen molar-refractivity contribution in [2.24, 2.45) is 0 Å². The van der Waals surface area contributed by atoms with Crippen molar-refractivity contribution in [3.8, 4) is 11.5 Å². The van der Waals surface area contributed by atoms with Gasteiger partial charge in [-0.05, 0) is 30.2 Å². The van der Waals surface area contributed by atoms with Crippen molar-refractivity contribution >= 4 is 16.7 Å². The zero-order valence-electron chi connectivity index (χ0n) is 13.1. The van der Waals surface area contributed by atoms with Crippen LogP contribution in [0.4, 0.5) is 13.2 Å². The molecule has 0 bridgehead atoms. The summed E-state index contributed by atoms with van der Waals surface area (Å²) in [6, 6.07) is 9.32. The Labute approximate surface area is 142 Å². The molecule has 0 radical (unpaired) electrons. The Morgan fingerprint density at radius 2 is 1.67 bits per heavy atom. The summed E-state index contributed by atoms with van der Waals surface area (Å²) in [4.78, 5) is 1.48. The zero-order valence-corrected chi connectivity index (χ0v) is 13.9. The highest BCUT2D eigenvalue weighted by molar-refractivity contribution is 8.08. The van der Waals surface area contributed by atoms with Gasteiger partial charge in [0, 0.05) is 15.4 Å². The van der Waals surface area contributed by atoms with E-state index in [0.29, 0.717) is 22.8 Å². The molecule has 0 spiro atoms. The maximum atomic E-state index is 13.2. The van der Waals surface area contributed by atoms with E-state index in [2.05, 4.69) is 0 Å². The molecular formula is C18H15F3O2S. The summed E-state index contributed by atoms with van der Waals surface area (Å²) in [5.74, 6) is 1.18. The molecule has 0 fully saturated rings. The molecule has 0 unspecified atom stereocenters. The van der Waals surface area contributed by atoms with Crippen molar-refractivity contribution in [1.29, 1.82) is 0 Å². The highest BCUT2D eigenvalue weighted by Crippen LogP contribution is 2.47. The lowest BCUT2D eigenvalue weighted by molar-refractivity contribution is -0.137.